The molecule has 3 aromatic rings. The maximum Gasteiger partial charge on any atom is 0.417 e. The van der Waals surface area contributed by atoms with Crippen LogP contribution in [0.2, 0.25) is 5.02 Å². The Labute approximate surface area is 245 Å². The van der Waals surface area contributed by atoms with Crippen LogP contribution in [0.5, 0.6) is 0 Å². The molecular weight excluding hydrogens is 575 g/mol. The summed E-state index contributed by atoms with van der Waals surface area (Å²) in [5.41, 5.74) is 0.205. The van der Waals surface area contributed by atoms with Crippen molar-refractivity contribution in [3.8, 4) is 0 Å². The van der Waals surface area contributed by atoms with Crippen LogP contribution in [0, 0.1) is 5.82 Å². The molecule has 222 valence electrons. The second-order valence-electron chi connectivity index (χ2n) is 9.76. The minimum atomic E-state index is -2.81. The number of rotatable bonds is 7. The van der Waals surface area contributed by atoms with Gasteiger partial charge in [-0.1, -0.05) is 43.3 Å². The number of ether oxygens (including phenoxy) is 1. The van der Waals surface area contributed by atoms with Gasteiger partial charge in [-0.15, -0.1) is 0 Å². The van der Waals surface area contributed by atoms with E-state index in [0.29, 0.717) is 0 Å². The van der Waals surface area contributed by atoms with Crippen molar-refractivity contribution in [3.05, 3.63) is 83.4 Å². The Hall–Kier alpha value is -4.19. The topological polar surface area (TPSA) is 105 Å². The SMILES string of the molecule is C.O=C(NC1CCC(F)(F)CC1)[C@H](c1ccccc1Cl)N(C(=O)[C@@H]1COC(=O)N1c1ncccn1)c1cccc(F)c1. The third-order valence-corrected chi connectivity index (χ3v) is 7.36. The van der Waals surface area contributed by atoms with Crippen LogP contribution in [-0.2, 0) is 14.3 Å². The van der Waals surface area contributed by atoms with Gasteiger partial charge in [-0.25, -0.2) is 32.8 Å². The summed E-state index contributed by atoms with van der Waals surface area (Å²) in [4.78, 5) is 51.1. The molecule has 0 spiro atoms. The summed E-state index contributed by atoms with van der Waals surface area (Å²) < 4.78 is 47.3. The van der Waals surface area contributed by atoms with Crippen molar-refractivity contribution in [2.75, 3.05) is 16.4 Å². The van der Waals surface area contributed by atoms with Crippen LogP contribution in [0.3, 0.4) is 0 Å². The fraction of sp³-hybridized carbons (Fsp3) is 0.345. The number of nitrogens with one attached hydrogen (secondary N) is 1. The molecule has 42 heavy (non-hydrogen) atoms. The maximum absolute atomic E-state index is 14.5. The molecule has 2 aromatic carbocycles. The molecule has 13 heteroatoms. The molecule has 1 aliphatic carbocycles. The van der Waals surface area contributed by atoms with Gasteiger partial charge in [0.2, 0.25) is 17.8 Å². The molecule has 2 atom stereocenters. The van der Waals surface area contributed by atoms with E-state index in [1.165, 1.54) is 48.8 Å². The summed E-state index contributed by atoms with van der Waals surface area (Å²) in [6, 6.07) is 9.51. The number of halogens is 4. The lowest BCUT2D eigenvalue weighted by Crippen LogP contribution is -2.54. The summed E-state index contributed by atoms with van der Waals surface area (Å²) >= 11 is 6.52. The fourth-order valence-corrected chi connectivity index (χ4v) is 5.23. The first-order valence-electron chi connectivity index (χ1n) is 12.9. The Morgan fingerprint density at radius 3 is 2.43 bits per heavy atom. The highest BCUT2D eigenvalue weighted by Gasteiger charge is 2.47. The highest BCUT2D eigenvalue weighted by molar-refractivity contribution is 6.31. The number of carbonyl (C=O) groups is 3. The van der Waals surface area contributed by atoms with E-state index < -0.39 is 67.2 Å². The Morgan fingerprint density at radius 1 is 1.07 bits per heavy atom. The summed E-state index contributed by atoms with van der Waals surface area (Å²) in [5.74, 6) is -5.11. The van der Waals surface area contributed by atoms with Gasteiger partial charge in [-0.3, -0.25) is 14.5 Å². The summed E-state index contributed by atoms with van der Waals surface area (Å²) in [6.45, 7) is -0.393. The predicted octanol–water partition coefficient (Wildman–Crippen LogP) is 5.70. The number of carbonyl (C=O) groups excluding carboxylic acids is 3. The molecule has 2 aliphatic rings. The smallest absolute Gasteiger partial charge is 0.417 e. The molecule has 3 amide bonds. The third-order valence-electron chi connectivity index (χ3n) is 7.02. The van der Waals surface area contributed by atoms with Crippen LogP contribution < -0.4 is 15.1 Å². The van der Waals surface area contributed by atoms with E-state index in [4.69, 9.17) is 16.3 Å². The number of nitrogens with zero attached hydrogens (tertiary/aromatic N) is 4. The quantitative estimate of drug-likeness (QED) is 0.372. The normalized spacial score (nSPS) is 18.9. The monoisotopic (exact) mass is 603 g/mol. The number of hydrogen-bond acceptors (Lipinski definition) is 6. The van der Waals surface area contributed by atoms with Gasteiger partial charge in [-0.05, 0) is 43.2 Å². The number of benzene rings is 2. The average molecular weight is 604 g/mol. The van der Waals surface area contributed by atoms with Crippen LogP contribution in [0.15, 0.2) is 67.0 Å². The number of cyclic esters (lactones) is 1. The largest absolute Gasteiger partial charge is 0.446 e. The number of anilines is 2. The Balaban J connectivity index is 0.00000405. The lowest BCUT2D eigenvalue weighted by atomic mass is 9.91. The van der Waals surface area contributed by atoms with Gasteiger partial charge < -0.3 is 10.1 Å². The van der Waals surface area contributed by atoms with Gasteiger partial charge in [-0.2, -0.15) is 0 Å². The van der Waals surface area contributed by atoms with Crippen molar-refractivity contribution in [1.82, 2.24) is 15.3 Å². The van der Waals surface area contributed by atoms with Crippen LogP contribution in [0.25, 0.3) is 0 Å². The van der Waals surface area contributed by atoms with E-state index >= 15 is 0 Å². The summed E-state index contributed by atoms with van der Waals surface area (Å²) in [6.07, 6.45) is 1.17. The lowest BCUT2D eigenvalue weighted by Gasteiger charge is -2.36. The van der Waals surface area contributed by atoms with Crippen molar-refractivity contribution in [3.63, 3.8) is 0 Å². The molecule has 1 aliphatic heterocycles. The van der Waals surface area contributed by atoms with E-state index in [-0.39, 0.29) is 42.5 Å². The summed E-state index contributed by atoms with van der Waals surface area (Å²) in [5, 5.41) is 2.93. The van der Waals surface area contributed by atoms with Crippen molar-refractivity contribution in [2.24, 2.45) is 0 Å². The second-order valence-corrected chi connectivity index (χ2v) is 10.2. The van der Waals surface area contributed by atoms with E-state index in [1.54, 1.807) is 12.1 Å². The van der Waals surface area contributed by atoms with Gasteiger partial charge in [0.05, 0.1) is 0 Å². The number of amides is 3. The van der Waals surface area contributed by atoms with E-state index in [9.17, 15) is 27.6 Å². The fourth-order valence-electron chi connectivity index (χ4n) is 4.99. The number of hydrogen-bond donors (Lipinski definition) is 1. The van der Waals surface area contributed by atoms with Crippen molar-refractivity contribution >= 4 is 41.1 Å². The molecule has 1 saturated carbocycles. The molecule has 0 radical (unpaired) electrons. The van der Waals surface area contributed by atoms with Crippen molar-refractivity contribution in [1.29, 1.82) is 0 Å². The zero-order valence-electron chi connectivity index (χ0n) is 21.6. The van der Waals surface area contributed by atoms with E-state index in [0.717, 1.165) is 15.9 Å². The van der Waals surface area contributed by atoms with Crippen LogP contribution in [-0.4, -0.2) is 52.5 Å². The maximum atomic E-state index is 14.5. The molecule has 2 heterocycles. The standard InChI is InChI=1S/C28H25ClF3N5O4.CH4/c29-21-8-2-1-7-20(21)23(24(38)35-18-9-11-28(31,32)12-10-18)36(19-6-3-5-17(30)15-19)25(39)22-16-41-27(40)37(22)26-33-13-4-14-34-26;/h1-8,13-15,18,22-23H,9-12,16H2,(H,35,38);1H4/t22-,23-;/m0./s1. The first kappa shape index (κ1) is 30.8. The van der Waals surface area contributed by atoms with Crippen LogP contribution in [0.4, 0.5) is 29.6 Å². The average Bonchev–Trinajstić information content (AvgIpc) is 3.34. The highest BCUT2D eigenvalue weighted by Crippen LogP contribution is 2.36. The summed E-state index contributed by atoms with van der Waals surface area (Å²) in [7, 11) is 0. The second kappa shape index (κ2) is 12.8. The first-order chi connectivity index (χ1) is 19.6. The van der Waals surface area contributed by atoms with Crippen molar-refractivity contribution in [2.45, 2.75) is 57.2 Å². The third kappa shape index (κ3) is 6.48. The molecule has 1 aromatic heterocycles. The van der Waals surface area contributed by atoms with Crippen LogP contribution >= 0.6 is 11.6 Å². The lowest BCUT2D eigenvalue weighted by molar-refractivity contribution is -0.128. The molecular formula is C29H29ClF3N5O4. The highest BCUT2D eigenvalue weighted by atomic mass is 35.5. The van der Waals surface area contributed by atoms with Gasteiger partial charge in [0.1, 0.15) is 18.5 Å². The van der Waals surface area contributed by atoms with Gasteiger partial charge >= 0.3 is 6.09 Å². The van der Waals surface area contributed by atoms with E-state index in [1.807, 2.05) is 0 Å². The van der Waals surface area contributed by atoms with E-state index in [2.05, 4.69) is 15.3 Å². The molecule has 1 saturated heterocycles. The molecule has 9 nitrogen and oxygen atoms in total. The molecule has 5 rings (SSSR count). The Bertz CT molecular complexity index is 1440. The van der Waals surface area contributed by atoms with Crippen LogP contribution in [0.1, 0.15) is 44.7 Å². The first-order valence-corrected chi connectivity index (χ1v) is 13.3. The van der Waals surface area contributed by atoms with Gasteiger partial charge in [0, 0.05) is 47.6 Å². The minimum Gasteiger partial charge on any atom is -0.446 e. The molecule has 2 fully saturated rings. The van der Waals surface area contributed by atoms with Crippen molar-refractivity contribution < 1.29 is 32.3 Å². The Morgan fingerprint density at radius 2 is 1.76 bits per heavy atom. The molecule has 0 bridgehead atoms. The number of alkyl halides is 2. The Kier molecular flexibility index (Phi) is 9.35. The van der Waals surface area contributed by atoms with Gasteiger partial charge in [0.25, 0.3) is 5.91 Å². The zero-order chi connectivity index (χ0) is 29.1. The molecule has 1 N–H and O–H groups in total. The molecule has 0 unspecified atom stereocenters. The van der Waals surface area contributed by atoms with Gasteiger partial charge in [0.15, 0.2) is 6.04 Å². The number of aromatic nitrogens is 2. The predicted molar refractivity (Wildman–Crippen MR) is 150 cm³/mol. The zero-order valence-corrected chi connectivity index (χ0v) is 22.3. The minimum absolute atomic E-state index is 0.